The molecule has 88 valence electrons. The van der Waals surface area contributed by atoms with Gasteiger partial charge in [0.05, 0.1) is 5.60 Å². The third kappa shape index (κ3) is 3.08. The fraction of sp³-hybridized carbons (Fsp3) is 0.571. The summed E-state index contributed by atoms with van der Waals surface area (Å²) in [6.45, 7) is 2.28. The van der Waals surface area contributed by atoms with E-state index < -0.39 is 5.60 Å². The first-order chi connectivity index (χ1) is 7.57. The molecule has 1 N–H and O–H groups in total. The smallest absolute Gasteiger partial charge is 0.0688 e. The SMILES string of the molecule is CC1CCC(O)(Cc2ccc(Br)cc2)CC1. The van der Waals surface area contributed by atoms with Gasteiger partial charge in [-0.1, -0.05) is 35.0 Å². The van der Waals surface area contributed by atoms with E-state index >= 15 is 0 Å². The third-order valence-corrected chi connectivity index (χ3v) is 4.18. The summed E-state index contributed by atoms with van der Waals surface area (Å²) in [5.41, 5.74) is 0.778. The standard InChI is InChI=1S/C14H19BrO/c1-11-6-8-14(16,9-7-11)10-12-2-4-13(15)5-3-12/h2-5,11,16H,6-10H2,1H3. The lowest BCUT2D eigenvalue weighted by molar-refractivity contribution is -0.00667. The number of hydrogen-bond donors (Lipinski definition) is 1. The molecule has 1 aromatic carbocycles. The van der Waals surface area contributed by atoms with Gasteiger partial charge in [-0.2, -0.15) is 0 Å². The van der Waals surface area contributed by atoms with Crippen LogP contribution in [0, 0.1) is 5.92 Å². The monoisotopic (exact) mass is 282 g/mol. The molecule has 16 heavy (non-hydrogen) atoms. The van der Waals surface area contributed by atoms with Crippen LogP contribution in [-0.4, -0.2) is 10.7 Å². The molecule has 0 atom stereocenters. The van der Waals surface area contributed by atoms with Crippen molar-refractivity contribution in [1.29, 1.82) is 0 Å². The van der Waals surface area contributed by atoms with Crippen LogP contribution in [0.2, 0.25) is 0 Å². The molecule has 1 fully saturated rings. The summed E-state index contributed by atoms with van der Waals surface area (Å²) in [5.74, 6) is 0.783. The molecule has 0 heterocycles. The maximum atomic E-state index is 10.5. The molecular formula is C14H19BrO. The Bertz CT molecular complexity index is 336. The van der Waals surface area contributed by atoms with Gasteiger partial charge in [0.1, 0.15) is 0 Å². The molecule has 1 aliphatic carbocycles. The van der Waals surface area contributed by atoms with Crippen molar-refractivity contribution in [1.82, 2.24) is 0 Å². The summed E-state index contributed by atoms with van der Waals surface area (Å²) in [7, 11) is 0. The van der Waals surface area contributed by atoms with Gasteiger partial charge in [-0.3, -0.25) is 0 Å². The number of hydrogen-bond acceptors (Lipinski definition) is 1. The Morgan fingerprint density at radius 1 is 1.25 bits per heavy atom. The molecule has 0 aromatic heterocycles. The lowest BCUT2D eigenvalue weighted by atomic mass is 9.76. The van der Waals surface area contributed by atoms with Gasteiger partial charge in [0, 0.05) is 10.9 Å². The van der Waals surface area contributed by atoms with E-state index in [-0.39, 0.29) is 0 Å². The Balaban J connectivity index is 2.00. The average molecular weight is 283 g/mol. The van der Waals surface area contributed by atoms with Crippen LogP contribution < -0.4 is 0 Å². The Morgan fingerprint density at radius 3 is 2.38 bits per heavy atom. The molecule has 1 nitrogen and oxygen atoms in total. The summed E-state index contributed by atoms with van der Waals surface area (Å²) in [6.07, 6.45) is 5.02. The normalized spacial score (nSPS) is 30.3. The zero-order chi connectivity index (χ0) is 11.6. The number of benzene rings is 1. The van der Waals surface area contributed by atoms with E-state index in [0.717, 1.165) is 42.5 Å². The van der Waals surface area contributed by atoms with Crippen LogP contribution in [0.1, 0.15) is 38.2 Å². The molecular weight excluding hydrogens is 264 g/mol. The van der Waals surface area contributed by atoms with Crippen molar-refractivity contribution in [2.75, 3.05) is 0 Å². The molecule has 0 radical (unpaired) electrons. The Hall–Kier alpha value is -0.340. The van der Waals surface area contributed by atoms with Crippen LogP contribution in [0.4, 0.5) is 0 Å². The summed E-state index contributed by atoms with van der Waals surface area (Å²) in [5, 5.41) is 10.5. The van der Waals surface area contributed by atoms with Crippen molar-refractivity contribution in [2.45, 2.75) is 44.6 Å². The number of rotatable bonds is 2. The van der Waals surface area contributed by atoms with Gasteiger partial charge >= 0.3 is 0 Å². The second-order valence-electron chi connectivity index (χ2n) is 5.21. The Kier molecular flexibility index (Phi) is 3.70. The molecule has 1 saturated carbocycles. The predicted molar refractivity (Wildman–Crippen MR) is 70.4 cm³/mol. The molecule has 0 aliphatic heterocycles. The second kappa shape index (κ2) is 4.89. The van der Waals surface area contributed by atoms with E-state index in [2.05, 4.69) is 35.0 Å². The minimum absolute atomic E-state index is 0.458. The summed E-state index contributed by atoms with van der Waals surface area (Å²) in [4.78, 5) is 0. The predicted octanol–water partition coefficient (Wildman–Crippen LogP) is 3.93. The van der Waals surface area contributed by atoms with Gasteiger partial charge in [-0.25, -0.2) is 0 Å². The number of halogens is 1. The molecule has 0 spiro atoms. The molecule has 0 amide bonds. The van der Waals surface area contributed by atoms with E-state index in [1.54, 1.807) is 0 Å². The summed E-state index contributed by atoms with van der Waals surface area (Å²) >= 11 is 3.43. The van der Waals surface area contributed by atoms with E-state index in [0.29, 0.717) is 0 Å². The van der Waals surface area contributed by atoms with Crippen molar-refractivity contribution >= 4 is 15.9 Å². The maximum Gasteiger partial charge on any atom is 0.0688 e. The van der Waals surface area contributed by atoms with Gasteiger partial charge in [0.25, 0.3) is 0 Å². The number of aliphatic hydroxyl groups is 1. The van der Waals surface area contributed by atoms with Crippen LogP contribution in [0.15, 0.2) is 28.7 Å². The first-order valence-electron chi connectivity index (χ1n) is 6.04. The second-order valence-corrected chi connectivity index (χ2v) is 6.13. The van der Waals surface area contributed by atoms with Crippen molar-refractivity contribution in [3.8, 4) is 0 Å². The van der Waals surface area contributed by atoms with E-state index in [1.807, 2.05) is 12.1 Å². The highest BCUT2D eigenvalue weighted by atomic mass is 79.9. The van der Waals surface area contributed by atoms with Gasteiger partial charge in [-0.15, -0.1) is 0 Å². The van der Waals surface area contributed by atoms with E-state index in [9.17, 15) is 5.11 Å². The molecule has 0 saturated heterocycles. The summed E-state index contributed by atoms with van der Waals surface area (Å²) < 4.78 is 1.10. The van der Waals surface area contributed by atoms with Gasteiger partial charge in [-0.05, 0) is 49.3 Å². The zero-order valence-electron chi connectivity index (χ0n) is 9.75. The topological polar surface area (TPSA) is 20.2 Å². The quantitative estimate of drug-likeness (QED) is 0.871. The van der Waals surface area contributed by atoms with Crippen LogP contribution >= 0.6 is 15.9 Å². The van der Waals surface area contributed by atoms with Crippen molar-refractivity contribution < 1.29 is 5.11 Å². The Labute approximate surface area is 106 Å². The highest BCUT2D eigenvalue weighted by Gasteiger charge is 2.31. The van der Waals surface area contributed by atoms with E-state index in [1.165, 1.54) is 5.56 Å². The summed E-state index contributed by atoms with van der Waals surface area (Å²) in [6, 6.07) is 8.29. The first-order valence-corrected chi connectivity index (χ1v) is 6.84. The van der Waals surface area contributed by atoms with Crippen LogP contribution in [-0.2, 0) is 6.42 Å². The largest absolute Gasteiger partial charge is 0.390 e. The molecule has 1 aromatic rings. The van der Waals surface area contributed by atoms with Crippen LogP contribution in [0.3, 0.4) is 0 Å². The maximum absolute atomic E-state index is 10.5. The minimum Gasteiger partial charge on any atom is -0.390 e. The molecule has 2 rings (SSSR count). The fourth-order valence-electron chi connectivity index (χ4n) is 2.46. The van der Waals surface area contributed by atoms with Gasteiger partial charge in [0.2, 0.25) is 0 Å². The highest BCUT2D eigenvalue weighted by molar-refractivity contribution is 9.10. The van der Waals surface area contributed by atoms with Gasteiger partial charge in [0.15, 0.2) is 0 Å². The minimum atomic E-state index is -0.458. The fourth-order valence-corrected chi connectivity index (χ4v) is 2.72. The van der Waals surface area contributed by atoms with Crippen LogP contribution in [0.5, 0.6) is 0 Å². The Morgan fingerprint density at radius 2 is 1.81 bits per heavy atom. The average Bonchev–Trinajstić information content (AvgIpc) is 2.27. The van der Waals surface area contributed by atoms with Gasteiger partial charge < -0.3 is 5.11 Å². The van der Waals surface area contributed by atoms with E-state index in [4.69, 9.17) is 0 Å². The van der Waals surface area contributed by atoms with Crippen molar-refractivity contribution in [3.05, 3.63) is 34.3 Å². The lowest BCUT2D eigenvalue weighted by Crippen LogP contribution is -2.35. The van der Waals surface area contributed by atoms with Crippen molar-refractivity contribution in [3.63, 3.8) is 0 Å². The first kappa shape index (κ1) is 12.1. The van der Waals surface area contributed by atoms with Crippen LogP contribution in [0.25, 0.3) is 0 Å². The highest BCUT2D eigenvalue weighted by Crippen LogP contribution is 2.34. The zero-order valence-corrected chi connectivity index (χ0v) is 11.3. The third-order valence-electron chi connectivity index (χ3n) is 3.65. The lowest BCUT2D eigenvalue weighted by Gasteiger charge is -2.35. The molecule has 0 unspecified atom stereocenters. The molecule has 1 aliphatic rings. The molecule has 2 heteroatoms. The van der Waals surface area contributed by atoms with Crippen molar-refractivity contribution in [2.24, 2.45) is 5.92 Å². The molecule has 0 bridgehead atoms.